The first-order valence-corrected chi connectivity index (χ1v) is 26.7. The number of alkyl carbamates (subject to hydrolysis) is 1. The number of carbonyl (C=O) groups excluding carboxylic acids is 4. The fourth-order valence-electron chi connectivity index (χ4n) is 9.14. The molecule has 0 bridgehead atoms. The minimum absolute atomic E-state index is 0.0707. The molecule has 3 atom stereocenters. The van der Waals surface area contributed by atoms with E-state index >= 15 is 0 Å². The third-order valence-corrected chi connectivity index (χ3v) is 12.8. The van der Waals surface area contributed by atoms with Crippen LogP contribution in [0.25, 0.3) is 66.9 Å². The van der Waals surface area contributed by atoms with E-state index in [0.717, 1.165) is 0 Å². The summed E-state index contributed by atoms with van der Waals surface area (Å²) in [5, 5.41) is 25.4. The van der Waals surface area contributed by atoms with Crippen molar-refractivity contribution < 1.29 is 23.9 Å². The Bertz CT molecular complexity index is 4120. The van der Waals surface area contributed by atoms with Gasteiger partial charge in [-0.15, -0.1) is 0 Å². The number of hydrogen-bond acceptors (Lipinski definition) is 20. The number of amides is 4. The van der Waals surface area contributed by atoms with Crippen LogP contribution < -0.4 is 38.1 Å². The second kappa shape index (κ2) is 26.7. The lowest BCUT2D eigenvalue weighted by Gasteiger charge is -2.23. The minimum atomic E-state index is -0.640. The van der Waals surface area contributed by atoms with Crippen LogP contribution in [0.3, 0.4) is 0 Å². The highest BCUT2D eigenvalue weighted by Crippen LogP contribution is 2.37. The summed E-state index contributed by atoms with van der Waals surface area (Å²) in [4.78, 5) is 99.1. The van der Waals surface area contributed by atoms with Crippen molar-refractivity contribution in [1.29, 1.82) is 5.26 Å². The number of nitrogens with two attached hydrogens (primary N) is 2. The highest BCUT2D eigenvalue weighted by atomic mass is 16.6. The maximum Gasteiger partial charge on any atom is 0.408 e. The van der Waals surface area contributed by atoms with E-state index < -0.39 is 23.8 Å². The molecular formula is C61H61N19O5. The average Bonchev–Trinajstić information content (AvgIpc) is 1.70. The van der Waals surface area contributed by atoms with Gasteiger partial charge in [0.25, 0.3) is 17.7 Å². The SMILES string of the molecule is CNC(=O)c1c(-c2ccccn2)c(C(C)N)nc2ncccc12.CNC(=O)c1c(-c2ccccn2)c(C(C)NC(=O)OC(C)(C)C)nc2ncccc12.CNC(=O)c1c(-c2ccccn2)c(C(C)Nc2ncnc(N)c2C#N)nc2ncccc12. The maximum atomic E-state index is 13.0. The lowest BCUT2D eigenvalue weighted by Crippen LogP contribution is -2.34. The van der Waals surface area contributed by atoms with Gasteiger partial charge in [0.1, 0.15) is 35.2 Å². The molecule has 0 radical (unpaired) electrons. The van der Waals surface area contributed by atoms with Crippen LogP contribution in [-0.4, -0.2) is 105 Å². The molecule has 0 saturated carbocycles. The Kier molecular flexibility index (Phi) is 18.9. The zero-order valence-electron chi connectivity index (χ0n) is 48.0. The van der Waals surface area contributed by atoms with Gasteiger partial charge in [-0.3, -0.25) is 29.3 Å². The molecule has 0 aliphatic heterocycles. The van der Waals surface area contributed by atoms with E-state index in [9.17, 15) is 24.4 Å². The summed E-state index contributed by atoms with van der Waals surface area (Å²) in [5.41, 5.74) is 19.2. The van der Waals surface area contributed by atoms with Gasteiger partial charge in [-0.05, 0) is 114 Å². The molecule has 10 aromatic heterocycles. The van der Waals surface area contributed by atoms with Crippen LogP contribution in [-0.2, 0) is 4.74 Å². The van der Waals surface area contributed by atoms with E-state index in [1.54, 1.807) is 135 Å². The standard InChI is InChI=1S/C22H19N9O.C22H25N5O3.C17H17N5O/c1-12(30-21-14(10-23)19(24)28-11-29-21)18-17(15-7-3-4-8-26-15)16(22(32)25-2)13-6-5-9-27-20(13)31-18;1-13(26-21(29)30-22(2,3)4)18-17(15-10-6-7-11-24-15)16(20(28)23-5)14-9-8-12-25-19(14)27-18;1-10(18)15-14(12-7-3-4-8-20-12)13(17(23)19-2)11-6-5-9-21-16(11)22-15/h3-9,11-12H,1-2H3,(H,25,32)(H3,24,28,29,30);6-13H,1-5H3,(H,23,28)(H,26,29);3-10H,18H2,1-2H3,(H,19,23). The Morgan fingerprint density at radius 2 is 0.918 bits per heavy atom. The quantitative estimate of drug-likeness (QED) is 0.0606. The predicted octanol–water partition coefficient (Wildman–Crippen LogP) is 8.18. The van der Waals surface area contributed by atoms with Crippen LogP contribution in [0.1, 0.15) is 113 Å². The number of fused-ring (bicyclic) bond motifs is 3. The van der Waals surface area contributed by atoms with Gasteiger partial charge >= 0.3 is 6.09 Å². The summed E-state index contributed by atoms with van der Waals surface area (Å²) in [7, 11) is 4.73. The second-order valence-corrected chi connectivity index (χ2v) is 19.9. The normalized spacial score (nSPS) is 12.0. The Morgan fingerprint density at radius 1 is 0.529 bits per heavy atom. The van der Waals surface area contributed by atoms with Gasteiger partial charge in [-0.1, -0.05) is 18.2 Å². The number of ether oxygens (including phenoxy) is 1. The lowest BCUT2D eigenvalue weighted by atomic mass is 9.95. The van der Waals surface area contributed by atoms with Gasteiger partial charge in [0.15, 0.2) is 16.9 Å². The Hall–Kier alpha value is -11.1. The number of nitrogen functional groups attached to an aromatic ring is 1. The molecule has 10 heterocycles. The zero-order valence-corrected chi connectivity index (χ0v) is 48.0. The Morgan fingerprint density at radius 3 is 1.28 bits per heavy atom. The number of hydrogen-bond donors (Lipinski definition) is 7. The summed E-state index contributed by atoms with van der Waals surface area (Å²) in [6.07, 6.45) is 10.5. The third-order valence-electron chi connectivity index (χ3n) is 12.8. The fourth-order valence-corrected chi connectivity index (χ4v) is 9.14. The molecule has 0 aliphatic carbocycles. The van der Waals surface area contributed by atoms with E-state index in [-0.39, 0.29) is 41.0 Å². The van der Waals surface area contributed by atoms with Crippen molar-refractivity contribution in [3.05, 3.63) is 174 Å². The summed E-state index contributed by atoms with van der Waals surface area (Å²) in [6.45, 7) is 10.8. The van der Waals surface area contributed by atoms with Crippen LogP contribution >= 0.6 is 0 Å². The third kappa shape index (κ3) is 13.5. The molecule has 0 saturated heterocycles. The summed E-state index contributed by atoms with van der Waals surface area (Å²) in [5.74, 6) is -0.455. The van der Waals surface area contributed by atoms with Gasteiger partial charge in [0, 0.05) is 97.2 Å². The monoisotopic (exact) mass is 1140 g/mol. The van der Waals surface area contributed by atoms with Gasteiger partial charge in [-0.25, -0.2) is 44.7 Å². The van der Waals surface area contributed by atoms with Crippen molar-refractivity contribution in [3.8, 4) is 39.8 Å². The molecular weight excluding hydrogens is 1080 g/mol. The van der Waals surface area contributed by atoms with Crippen molar-refractivity contribution in [2.45, 2.75) is 65.3 Å². The molecule has 0 aromatic carbocycles. The van der Waals surface area contributed by atoms with E-state index in [1.165, 1.54) is 6.33 Å². The van der Waals surface area contributed by atoms with Gasteiger partial charge in [0.05, 0.1) is 62.9 Å². The van der Waals surface area contributed by atoms with Gasteiger partial charge in [0.2, 0.25) is 0 Å². The second-order valence-electron chi connectivity index (χ2n) is 19.9. The molecule has 9 N–H and O–H groups in total. The number of anilines is 2. The van der Waals surface area contributed by atoms with E-state index in [4.69, 9.17) is 21.2 Å². The number of carbonyl (C=O) groups is 4. The molecule has 3 unspecified atom stereocenters. The molecule has 0 fully saturated rings. The fraction of sp³-hybridized carbons (Fsp3) is 0.213. The van der Waals surface area contributed by atoms with Gasteiger partial charge < -0.3 is 42.8 Å². The molecule has 24 heteroatoms. The topological polar surface area (TPSA) is 355 Å². The summed E-state index contributed by atoms with van der Waals surface area (Å²) >= 11 is 0. The summed E-state index contributed by atoms with van der Waals surface area (Å²) in [6, 6.07) is 27.7. The average molecular weight is 1140 g/mol. The van der Waals surface area contributed by atoms with E-state index in [2.05, 4.69) is 76.4 Å². The van der Waals surface area contributed by atoms with Crippen LogP contribution in [0.5, 0.6) is 0 Å². The number of nitrogens with zero attached hydrogens (tertiary/aromatic N) is 12. The molecule has 0 aliphatic rings. The van der Waals surface area contributed by atoms with Crippen molar-refractivity contribution in [3.63, 3.8) is 0 Å². The van der Waals surface area contributed by atoms with Gasteiger partial charge in [-0.2, -0.15) is 5.26 Å². The molecule has 10 aromatic rings. The Labute approximate surface area is 488 Å². The molecule has 0 spiro atoms. The van der Waals surface area contributed by atoms with Crippen LogP contribution in [0.2, 0.25) is 0 Å². The first kappa shape index (κ1) is 60.0. The van der Waals surface area contributed by atoms with Crippen molar-refractivity contribution in [2.24, 2.45) is 5.73 Å². The van der Waals surface area contributed by atoms with Crippen LogP contribution in [0.4, 0.5) is 16.4 Å². The lowest BCUT2D eigenvalue weighted by molar-refractivity contribution is 0.0506. The zero-order chi connectivity index (χ0) is 61.0. The highest BCUT2D eigenvalue weighted by molar-refractivity contribution is 6.13. The van der Waals surface area contributed by atoms with Crippen LogP contribution in [0.15, 0.2) is 135 Å². The number of aromatic nitrogens is 11. The molecule has 85 heavy (non-hydrogen) atoms. The van der Waals surface area contributed by atoms with Crippen molar-refractivity contribution in [1.82, 2.24) is 76.1 Å². The molecule has 10 rings (SSSR count). The molecule has 4 amide bonds. The van der Waals surface area contributed by atoms with Crippen molar-refractivity contribution in [2.75, 3.05) is 32.2 Å². The Balaban J connectivity index is 0.000000168. The number of nitriles is 1. The molecule has 24 nitrogen and oxygen atoms in total. The van der Waals surface area contributed by atoms with E-state index in [1.807, 2.05) is 62.4 Å². The summed E-state index contributed by atoms with van der Waals surface area (Å²) < 4.78 is 5.37. The van der Waals surface area contributed by atoms with E-state index in [0.29, 0.717) is 101 Å². The largest absolute Gasteiger partial charge is 0.444 e. The predicted molar refractivity (Wildman–Crippen MR) is 322 cm³/mol. The smallest absolute Gasteiger partial charge is 0.408 e. The first-order chi connectivity index (χ1) is 40.9. The number of pyridine rings is 9. The first-order valence-electron chi connectivity index (χ1n) is 26.7. The van der Waals surface area contributed by atoms with Crippen LogP contribution in [0, 0.1) is 11.3 Å². The maximum absolute atomic E-state index is 13.0. The highest BCUT2D eigenvalue weighted by Gasteiger charge is 2.30. The van der Waals surface area contributed by atoms with Crippen molar-refractivity contribution >= 4 is 68.6 Å². The number of nitrogens with one attached hydrogen (secondary N) is 5. The molecule has 430 valence electrons. The minimum Gasteiger partial charge on any atom is -0.444 e. The number of rotatable bonds is 12.